The van der Waals surface area contributed by atoms with E-state index in [1.165, 1.54) is 0 Å². The van der Waals surface area contributed by atoms with E-state index >= 15 is 0 Å². The number of carbonyl (C=O) groups excluding carboxylic acids is 2. The summed E-state index contributed by atoms with van der Waals surface area (Å²) < 4.78 is 5.37. The number of hydrogen-bond acceptors (Lipinski definition) is 3. The van der Waals surface area contributed by atoms with Crippen molar-refractivity contribution in [2.24, 2.45) is 5.92 Å². The lowest BCUT2D eigenvalue weighted by molar-refractivity contribution is -0.131. The zero-order chi connectivity index (χ0) is 17.7. The summed E-state index contributed by atoms with van der Waals surface area (Å²) in [4.78, 5) is 24.5. The Morgan fingerprint density at radius 3 is 2.46 bits per heavy atom. The van der Waals surface area contributed by atoms with Crippen molar-refractivity contribution in [3.63, 3.8) is 0 Å². The van der Waals surface area contributed by atoms with Crippen molar-refractivity contribution in [2.75, 3.05) is 7.11 Å². The summed E-state index contributed by atoms with van der Waals surface area (Å²) in [5.41, 5.74) is 2.04. The van der Waals surface area contributed by atoms with Crippen LogP contribution in [0.15, 0.2) is 18.2 Å². The molecule has 0 aliphatic heterocycles. The summed E-state index contributed by atoms with van der Waals surface area (Å²) in [6.07, 6.45) is 4.06. The van der Waals surface area contributed by atoms with Gasteiger partial charge < -0.3 is 15.4 Å². The molecule has 1 aliphatic carbocycles. The minimum absolute atomic E-state index is 0.00376. The van der Waals surface area contributed by atoms with E-state index in [9.17, 15) is 9.59 Å². The molecular formula is C19H28N2O3. The van der Waals surface area contributed by atoms with Crippen molar-refractivity contribution >= 4 is 11.8 Å². The molecule has 2 rings (SSSR count). The lowest BCUT2D eigenvalue weighted by atomic mass is 10.0. The smallest absolute Gasteiger partial charge is 0.242 e. The van der Waals surface area contributed by atoms with E-state index in [1.54, 1.807) is 14.0 Å². The number of carbonyl (C=O) groups is 2. The van der Waals surface area contributed by atoms with Gasteiger partial charge in [0.25, 0.3) is 0 Å². The highest BCUT2D eigenvalue weighted by molar-refractivity contribution is 5.88. The minimum Gasteiger partial charge on any atom is -0.496 e. The summed E-state index contributed by atoms with van der Waals surface area (Å²) in [5, 5.41) is 5.80. The number of rotatable bonds is 6. The fourth-order valence-corrected chi connectivity index (χ4v) is 3.19. The standard InChI is InChI=1S/C19H28N2O3/c1-12-9-10-17(24-4)16(11-12)13(2)20-18(22)14(3)21-19(23)15-7-5-6-8-15/h9-11,13-15H,5-8H2,1-4H3,(H,20,22)(H,21,23)/t13-,14-/m1/s1. The lowest BCUT2D eigenvalue weighted by Crippen LogP contribution is -2.47. The van der Waals surface area contributed by atoms with Crippen LogP contribution in [0.1, 0.15) is 56.7 Å². The van der Waals surface area contributed by atoms with Crippen LogP contribution < -0.4 is 15.4 Å². The quantitative estimate of drug-likeness (QED) is 0.842. The van der Waals surface area contributed by atoms with Crippen molar-refractivity contribution in [3.05, 3.63) is 29.3 Å². The highest BCUT2D eigenvalue weighted by Crippen LogP contribution is 2.26. The van der Waals surface area contributed by atoms with Gasteiger partial charge in [-0.3, -0.25) is 9.59 Å². The highest BCUT2D eigenvalue weighted by Gasteiger charge is 2.26. The van der Waals surface area contributed by atoms with Crippen molar-refractivity contribution in [3.8, 4) is 5.75 Å². The molecule has 0 spiro atoms. The fourth-order valence-electron chi connectivity index (χ4n) is 3.19. The van der Waals surface area contributed by atoms with Crippen molar-refractivity contribution < 1.29 is 14.3 Å². The lowest BCUT2D eigenvalue weighted by Gasteiger charge is -2.21. The minimum atomic E-state index is -0.545. The first-order valence-corrected chi connectivity index (χ1v) is 8.67. The van der Waals surface area contributed by atoms with Crippen LogP contribution in [0.4, 0.5) is 0 Å². The molecule has 2 N–H and O–H groups in total. The number of benzene rings is 1. The van der Waals surface area contributed by atoms with Crippen LogP contribution in [0, 0.1) is 12.8 Å². The predicted molar refractivity (Wildman–Crippen MR) is 93.9 cm³/mol. The third-order valence-electron chi connectivity index (χ3n) is 4.69. The molecule has 1 aliphatic rings. The third kappa shape index (κ3) is 4.49. The molecule has 1 saturated carbocycles. The second-order valence-corrected chi connectivity index (χ2v) is 6.69. The molecule has 5 nitrogen and oxygen atoms in total. The monoisotopic (exact) mass is 332 g/mol. The molecule has 24 heavy (non-hydrogen) atoms. The Hall–Kier alpha value is -2.04. The van der Waals surface area contributed by atoms with Gasteiger partial charge in [0.2, 0.25) is 11.8 Å². The molecule has 1 aromatic carbocycles. The van der Waals surface area contributed by atoms with Crippen LogP contribution in [0.5, 0.6) is 5.75 Å². The van der Waals surface area contributed by atoms with E-state index in [2.05, 4.69) is 10.6 Å². The SMILES string of the molecule is COc1ccc(C)cc1[C@@H](C)NC(=O)[C@@H](C)NC(=O)C1CCCC1. The molecule has 0 aromatic heterocycles. The van der Waals surface area contributed by atoms with Gasteiger partial charge in [0.05, 0.1) is 13.2 Å². The van der Waals surface area contributed by atoms with Crippen LogP contribution in [0.3, 0.4) is 0 Å². The van der Waals surface area contributed by atoms with Crippen molar-refractivity contribution in [1.82, 2.24) is 10.6 Å². The number of hydrogen-bond donors (Lipinski definition) is 2. The number of aryl methyl sites for hydroxylation is 1. The summed E-state index contributed by atoms with van der Waals surface area (Å²) >= 11 is 0. The van der Waals surface area contributed by atoms with E-state index in [-0.39, 0.29) is 23.8 Å². The van der Waals surface area contributed by atoms with Crippen LogP contribution in [-0.2, 0) is 9.59 Å². The van der Waals surface area contributed by atoms with Crippen molar-refractivity contribution in [1.29, 1.82) is 0 Å². The summed E-state index contributed by atoms with van der Waals surface area (Å²) in [6.45, 7) is 5.64. The van der Waals surface area contributed by atoms with Gasteiger partial charge in [-0.1, -0.05) is 30.5 Å². The molecular weight excluding hydrogens is 304 g/mol. The molecule has 0 radical (unpaired) electrons. The Bertz CT molecular complexity index is 594. The van der Waals surface area contributed by atoms with E-state index in [4.69, 9.17) is 4.74 Å². The second-order valence-electron chi connectivity index (χ2n) is 6.69. The fraction of sp³-hybridized carbons (Fsp3) is 0.579. The number of ether oxygens (including phenoxy) is 1. The molecule has 0 saturated heterocycles. The topological polar surface area (TPSA) is 67.4 Å². The Balaban J connectivity index is 1.95. The maximum Gasteiger partial charge on any atom is 0.242 e. The van der Waals surface area contributed by atoms with Gasteiger partial charge in [-0.15, -0.1) is 0 Å². The Kier molecular flexibility index (Phi) is 6.23. The maximum absolute atomic E-state index is 12.4. The van der Waals surface area contributed by atoms with Gasteiger partial charge in [0, 0.05) is 11.5 Å². The van der Waals surface area contributed by atoms with Gasteiger partial charge >= 0.3 is 0 Å². The van der Waals surface area contributed by atoms with Crippen molar-refractivity contribution in [2.45, 2.75) is 58.5 Å². The zero-order valence-electron chi connectivity index (χ0n) is 15.0. The maximum atomic E-state index is 12.4. The number of nitrogens with one attached hydrogen (secondary N) is 2. The largest absolute Gasteiger partial charge is 0.496 e. The zero-order valence-corrected chi connectivity index (χ0v) is 15.0. The van der Waals surface area contributed by atoms with Gasteiger partial charge in [0.15, 0.2) is 0 Å². The Morgan fingerprint density at radius 1 is 1.17 bits per heavy atom. The van der Waals surface area contributed by atoms with Crippen LogP contribution in [0.2, 0.25) is 0 Å². The molecule has 1 fully saturated rings. The van der Waals surface area contributed by atoms with Gasteiger partial charge in [-0.2, -0.15) is 0 Å². The molecule has 1 aromatic rings. The first kappa shape index (κ1) is 18.3. The van der Waals surface area contributed by atoms with E-state index in [0.717, 1.165) is 42.6 Å². The summed E-state index contributed by atoms with van der Waals surface area (Å²) in [5.74, 6) is 0.624. The average molecular weight is 332 g/mol. The summed E-state index contributed by atoms with van der Waals surface area (Å²) in [6, 6.07) is 5.14. The first-order valence-electron chi connectivity index (χ1n) is 8.67. The molecule has 2 atom stereocenters. The molecule has 0 unspecified atom stereocenters. The summed E-state index contributed by atoms with van der Waals surface area (Å²) in [7, 11) is 1.62. The molecule has 2 amide bonds. The number of amides is 2. The molecule has 132 valence electrons. The van der Waals surface area contributed by atoms with E-state index in [0.29, 0.717) is 0 Å². The van der Waals surface area contributed by atoms with E-state index in [1.807, 2.05) is 32.0 Å². The molecule has 0 heterocycles. The van der Waals surface area contributed by atoms with Crippen LogP contribution in [-0.4, -0.2) is 25.0 Å². The molecule has 0 bridgehead atoms. The second kappa shape index (κ2) is 8.18. The van der Waals surface area contributed by atoms with Gasteiger partial charge in [0.1, 0.15) is 11.8 Å². The average Bonchev–Trinajstić information content (AvgIpc) is 3.09. The van der Waals surface area contributed by atoms with Gasteiger partial charge in [-0.25, -0.2) is 0 Å². The van der Waals surface area contributed by atoms with Crippen LogP contribution >= 0.6 is 0 Å². The van der Waals surface area contributed by atoms with Crippen LogP contribution in [0.25, 0.3) is 0 Å². The van der Waals surface area contributed by atoms with Gasteiger partial charge in [-0.05, 0) is 39.7 Å². The van der Waals surface area contributed by atoms with E-state index < -0.39 is 6.04 Å². The normalized spacial score (nSPS) is 17.2. The molecule has 5 heteroatoms. The Labute approximate surface area is 144 Å². The highest BCUT2D eigenvalue weighted by atomic mass is 16.5. The Morgan fingerprint density at radius 2 is 1.83 bits per heavy atom. The predicted octanol–water partition coefficient (Wildman–Crippen LogP) is 2.88. The third-order valence-corrected chi connectivity index (χ3v) is 4.69. The first-order chi connectivity index (χ1) is 11.4. The number of methoxy groups -OCH3 is 1.